The van der Waals surface area contributed by atoms with Gasteiger partial charge >= 0.3 is 32.0 Å². The van der Waals surface area contributed by atoms with Crippen LogP contribution in [-0.2, 0) is 51.8 Å². The number of phosphoric acid groups is 1. The molecule has 1 N–H and O–H groups in total. The second kappa shape index (κ2) is 39.5. The Morgan fingerprint density at radius 3 is 1.64 bits per heavy atom. The van der Waals surface area contributed by atoms with Crippen LogP contribution in [0.25, 0.3) is 0 Å². The highest BCUT2D eigenvalue weighted by Crippen LogP contribution is 2.53. The summed E-state index contributed by atoms with van der Waals surface area (Å²) in [6.45, 7) is 12.0. The average molecular weight is 1330 g/mol. The van der Waals surface area contributed by atoms with Gasteiger partial charge in [-0.2, -0.15) is 0 Å². The van der Waals surface area contributed by atoms with Gasteiger partial charge in [-0.05, 0) is 63.4 Å². The fraction of sp³-hybridized carbons (Fsp3) is 0.729. The molecule has 1 aliphatic rings. The van der Waals surface area contributed by atoms with Crippen molar-refractivity contribution >= 4 is 110 Å². The molecule has 474 valence electrons. The van der Waals surface area contributed by atoms with Crippen LogP contribution in [0.2, 0.25) is 25.7 Å². The number of carbonyl (C=O) groups excluding carboxylic acids is 4. The molecular formula is C59H92Cl6NO15PSi. The molecule has 16 nitrogen and oxygen atoms in total. The third-order valence-electron chi connectivity index (χ3n) is 13.6. The van der Waals surface area contributed by atoms with E-state index in [2.05, 4.69) is 38.8 Å². The first-order valence-corrected chi connectivity index (χ1v) is 37.0. The van der Waals surface area contributed by atoms with Gasteiger partial charge in [-0.15, -0.1) is 0 Å². The van der Waals surface area contributed by atoms with Gasteiger partial charge in [0.25, 0.3) is 0 Å². The lowest BCUT2D eigenvalue weighted by atomic mass is 9.96. The molecule has 2 aromatic carbocycles. The number of ether oxygens (including phenoxy) is 7. The maximum Gasteiger partial charge on any atom is 0.588 e. The number of halogens is 6. The van der Waals surface area contributed by atoms with Crippen molar-refractivity contribution in [3.05, 3.63) is 60.7 Å². The van der Waals surface area contributed by atoms with Crippen LogP contribution in [0, 0.1) is 0 Å². The molecule has 1 heterocycles. The van der Waals surface area contributed by atoms with Crippen LogP contribution in [0.1, 0.15) is 175 Å². The summed E-state index contributed by atoms with van der Waals surface area (Å²) in [6.07, 6.45) is 11.3. The van der Waals surface area contributed by atoms with Gasteiger partial charge in [-0.25, -0.2) is 14.2 Å². The van der Waals surface area contributed by atoms with Crippen molar-refractivity contribution in [3.8, 4) is 11.5 Å². The fourth-order valence-corrected chi connectivity index (χ4v) is 11.2. The van der Waals surface area contributed by atoms with Crippen molar-refractivity contribution < 1.29 is 70.5 Å². The molecule has 0 aromatic heterocycles. The number of phosphoric ester groups is 1. The molecule has 1 fully saturated rings. The lowest BCUT2D eigenvalue weighted by Crippen LogP contribution is -2.66. The number of hydrogen-bond acceptors (Lipinski definition) is 15. The van der Waals surface area contributed by atoms with Crippen LogP contribution in [0.15, 0.2) is 60.7 Å². The minimum atomic E-state index is -5.01. The summed E-state index contributed by atoms with van der Waals surface area (Å²) >= 11 is 36.4. The van der Waals surface area contributed by atoms with Crippen LogP contribution < -0.4 is 14.4 Å². The van der Waals surface area contributed by atoms with Crippen LogP contribution in [0.3, 0.4) is 0 Å². The van der Waals surface area contributed by atoms with E-state index in [4.69, 9.17) is 116 Å². The van der Waals surface area contributed by atoms with Crippen LogP contribution in [0.5, 0.6) is 11.5 Å². The highest BCUT2D eigenvalue weighted by atomic mass is 35.6. The summed E-state index contributed by atoms with van der Waals surface area (Å²) in [5, 5.41) is 2.64. The highest BCUT2D eigenvalue weighted by molar-refractivity contribution is 7.49. The van der Waals surface area contributed by atoms with Gasteiger partial charge in [0.1, 0.15) is 49.1 Å². The molecule has 0 saturated carbocycles. The topological polar surface area (TPSA) is 190 Å². The van der Waals surface area contributed by atoms with Crippen molar-refractivity contribution in [2.45, 2.75) is 251 Å². The number of nitrogens with one attached hydrogen (secondary N) is 1. The maximum absolute atomic E-state index is 15.4. The normalized spacial score (nSPS) is 18.2. The van der Waals surface area contributed by atoms with Crippen molar-refractivity contribution in [2.24, 2.45) is 0 Å². The fourth-order valence-electron chi connectivity index (χ4n) is 8.73. The Morgan fingerprint density at radius 2 is 1.16 bits per heavy atom. The van der Waals surface area contributed by atoms with Crippen molar-refractivity contribution in [3.63, 3.8) is 0 Å². The predicted octanol–water partition coefficient (Wildman–Crippen LogP) is 18.3. The Morgan fingerprint density at radius 1 is 0.663 bits per heavy atom. The quantitative estimate of drug-likeness (QED) is 0.0165. The second-order valence-corrected chi connectivity index (χ2v) is 34.6. The van der Waals surface area contributed by atoms with Gasteiger partial charge < -0.3 is 47.5 Å². The molecular weight excluding hydrogens is 1230 g/mol. The van der Waals surface area contributed by atoms with Gasteiger partial charge in [0, 0.05) is 21.1 Å². The number of hydrogen-bond donors (Lipinski definition) is 1. The monoisotopic (exact) mass is 1320 g/mol. The summed E-state index contributed by atoms with van der Waals surface area (Å²) in [5.74, 6) is -1.31. The Labute approximate surface area is 525 Å². The van der Waals surface area contributed by atoms with Crippen molar-refractivity contribution in [1.29, 1.82) is 0 Å². The van der Waals surface area contributed by atoms with E-state index in [9.17, 15) is 19.2 Å². The highest BCUT2D eigenvalue weighted by Gasteiger charge is 2.55. The Balaban J connectivity index is 2.13. The number of rotatable bonds is 41. The number of carbonyl (C=O) groups is 4. The van der Waals surface area contributed by atoms with E-state index in [-0.39, 0.29) is 24.5 Å². The van der Waals surface area contributed by atoms with Gasteiger partial charge in [0.2, 0.25) is 7.59 Å². The number of para-hydroxylation sites is 2. The first kappa shape index (κ1) is 74.8. The van der Waals surface area contributed by atoms with Gasteiger partial charge in [-0.3, -0.25) is 14.1 Å². The Kier molecular flexibility index (Phi) is 35.6. The largest absolute Gasteiger partial charge is 0.588 e. The average Bonchev–Trinajstić information content (AvgIpc) is 2.17. The molecule has 0 radical (unpaired) electrons. The van der Waals surface area contributed by atoms with Gasteiger partial charge in [-0.1, -0.05) is 255 Å². The predicted molar refractivity (Wildman–Crippen MR) is 332 cm³/mol. The van der Waals surface area contributed by atoms with Gasteiger partial charge in [0.05, 0.1) is 6.42 Å². The molecule has 0 bridgehead atoms. The van der Waals surface area contributed by atoms with E-state index in [0.29, 0.717) is 25.3 Å². The number of alkyl halides is 6. The molecule has 1 amide bonds. The Bertz CT molecular complexity index is 2150. The maximum atomic E-state index is 15.4. The lowest BCUT2D eigenvalue weighted by Gasteiger charge is -2.45. The standard InChI is InChI=1S/C59H92Cl6NO15PSi/c1-8-10-12-14-16-18-19-21-23-25-33-39-49(67)75-47(38-28-24-22-20-17-15-13-11-9-2)42-50(68)77-53-51(66-55(69)74-44-58(60,61)62)54(72-40-41-83(5,6)7)76-48(43-73-56(70)78-57(3,4)59(63,64)65)52(53)81-82(71,79-45-34-29-26-30-35-45)80-46-36-31-27-32-37-46/h26-27,29-32,34-37,47-48,51-54H,8-25,28,33,38-44H2,1-7H3,(H,66,69)/t47-,48-,51-,52-,53-,54?/m1/s1. The van der Waals surface area contributed by atoms with E-state index < -0.39 is 110 Å². The van der Waals surface area contributed by atoms with Crippen molar-refractivity contribution in [2.75, 3.05) is 19.8 Å². The number of benzene rings is 2. The zero-order valence-corrected chi connectivity index (χ0v) is 56.1. The molecule has 1 aliphatic heterocycles. The van der Waals surface area contributed by atoms with Crippen LogP contribution in [0.4, 0.5) is 9.59 Å². The molecule has 6 atom stereocenters. The minimum absolute atomic E-state index is 0.0363. The zero-order chi connectivity index (χ0) is 61.4. The summed E-state index contributed by atoms with van der Waals surface area (Å²) < 4.78 is 71.6. The molecule has 1 saturated heterocycles. The zero-order valence-electron chi connectivity index (χ0n) is 49.7. The summed E-state index contributed by atoms with van der Waals surface area (Å²) in [5.41, 5.74) is -1.73. The number of alkyl carbamates (subject to hydrolysis) is 1. The SMILES string of the molecule is CCCCCCCCCCCCCC(=O)O[C@H](CCCCCCCCCCC)CC(=O)O[C@H]1[C@H](OP(=O)(Oc2ccccc2)Oc2ccccc2)[C@@H](COC(=O)OC(C)(C)C(Cl)(Cl)Cl)OC(OCC[Si](C)(C)C)[C@@H]1NC(=O)OCC(Cl)(Cl)Cl. The van der Waals surface area contributed by atoms with Gasteiger partial charge in [0.15, 0.2) is 18.0 Å². The smallest absolute Gasteiger partial charge is 0.462 e. The van der Waals surface area contributed by atoms with E-state index in [0.717, 1.165) is 57.8 Å². The van der Waals surface area contributed by atoms with Crippen molar-refractivity contribution in [1.82, 2.24) is 5.32 Å². The minimum Gasteiger partial charge on any atom is -0.462 e. The molecule has 2 aromatic rings. The second-order valence-electron chi connectivity index (χ2n) is 22.8. The van der Waals surface area contributed by atoms with E-state index in [1.165, 1.54) is 95.9 Å². The molecule has 83 heavy (non-hydrogen) atoms. The summed E-state index contributed by atoms with van der Waals surface area (Å²) in [6, 6.07) is 14.9. The third-order valence-corrected chi connectivity index (χ3v) is 18.3. The third kappa shape index (κ3) is 32.9. The molecule has 24 heteroatoms. The molecule has 1 unspecified atom stereocenters. The number of amides is 1. The Hall–Kier alpha value is -2.41. The van der Waals surface area contributed by atoms with E-state index >= 15 is 4.57 Å². The molecule has 0 spiro atoms. The summed E-state index contributed by atoms with van der Waals surface area (Å²) in [4.78, 5) is 55.9. The first-order valence-electron chi connectivity index (χ1n) is 29.6. The number of esters is 2. The van der Waals surface area contributed by atoms with Crippen LogP contribution in [-0.4, -0.2) is 102 Å². The van der Waals surface area contributed by atoms with Crippen LogP contribution >= 0.6 is 77.4 Å². The molecule has 3 rings (SSSR count). The first-order chi connectivity index (χ1) is 39.2. The lowest BCUT2D eigenvalue weighted by molar-refractivity contribution is -0.269. The molecule has 0 aliphatic carbocycles. The van der Waals surface area contributed by atoms with E-state index in [1.54, 1.807) is 36.4 Å². The summed E-state index contributed by atoms with van der Waals surface area (Å²) in [7, 11) is -6.85. The van der Waals surface area contributed by atoms with E-state index in [1.807, 2.05) is 0 Å². The number of unbranched alkanes of at least 4 members (excludes halogenated alkanes) is 18.